The molecule has 0 aliphatic rings. The molecule has 29 heavy (non-hydrogen) atoms. The van der Waals surface area contributed by atoms with Crippen LogP contribution < -0.4 is 0 Å². The van der Waals surface area contributed by atoms with Gasteiger partial charge in [0.1, 0.15) is 11.1 Å². The smallest absolute Gasteiger partial charge is 0.240 e. The molecule has 0 saturated carbocycles. The van der Waals surface area contributed by atoms with Crippen LogP contribution in [0.3, 0.4) is 0 Å². The number of hydrogen-bond donors (Lipinski definition) is 0. The minimum Gasteiger partial charge on any atom is -0.338 e. The van der Waals surface area contributed by atoms with Gasteiger partial charge < -0.3 is 4.90 Å². The maximum absolute atomic E-state index is 14.7. The van der Waals surface area contributed by atoms with Crippen LogP contribution >= 0.6 is 11.8 Å². The van der Waals surface area contributed by atoms with Crippen molar-refractivity contribution in [3.63, 3.8) is 0 Å². The first kappa shape index (κ1) is 23.4. The monoisotopic (exact) mass is 437 g/mol. The zero-order chi connectivity index (χ0) is 21.9. The molecule has 2 aromatic rings. The van der Waals surface area contributed by atoms with E-state index >= 15 is 0 Å². The Hall–Kier alpha value is -1.86. The maximum atomic E-state index is 14.7. The van der Waals surface area contributed by atoms with Crippen LogP contribution in [0, 0.1) is 5.82 Å². The summed E-state index contributed by atoms with van der Waals surface area (Å²) in [5.74, 6) is -0.440. The number of sulfone groups is 1. The Morgan fingerprint density at radius 2 is 1.55 bits per heavy atom. The highest BCUT2D eigenvalue weighted by Crippen LogP contribution is 2.33. The number of rotatable bonds is 7. The highest BCUT2D eigenvalue weighted by Gasteiger charge is 2.29. The number of amides is 1. The van der Waals surface area contributed by atoms with E-state index in [2.05, 4.69) is 13.8 Å². The van der Waals surface area contributed by atoms with Gasteiger partial charge in [-0.2, -0.15) is 0 Å². The van der Waals surface area contributed by atoms with Crippen LogP contribution in [0.4, 0.5) is 4.39 Å². The molecular weight excluding hydrogens is 409 g/mol. The van der Waals surface area contributed by atoms with Gasteiger partial charge in [0.05, 0.1) is 6.04 Å². The van der Waals surface area contributed by atoms with Gasteiger partial charge in [0.25, 0.3) is 0 Å². The first-order valence-corrected chi connectivity index (χ1v) is 12.2. The van der Waals surface area contributed by atoms with E-state index in [1.54, 1.807) is 19.1 Å². The van der Waals surface area contributed by atoms with E-state index in [0.29, 0.717) is 16.4 Å². The molecule has 2 aromatic carbocycles. The van der Waals surface area contributed by atoms with Crippen LogP contribution in [0.1, 0.15) is 50.8 Å². The Morgan fingerprint density at radius 3 is 2.03 bits per heavy atom. The molecule has 0 spiro atoms. The van der Waals surface area contributed by atoms with Crippen molar-refractivity contribution >= 4 is 27.5 Å². The Kier molecular flexibility index (Phi) is 7.51. The van der Waals surface area contributed by atoms with Crippen LogP contribution in [-0.2, 0) is 14.6 Å². The van der Waals surface area contributed by atoms with Gasteiger partial charge in [-0.3, -0.25) is 4.79 Å². The normalized spacial score (nSPS) is 13.9. The SMILES string of the molecule is CC(C)c1ccc(Sc2ccc([C@H](C)N(C)C(=O)[C@@H](C)S(C)(=O)=O)cc2F)cc1. The molecule has 4 nitrogen and oxygen atoms in total. The van der Waals surface area contributed by atoms with Crippen LogP contribution in [0.15, 0.2) is 52.3 Å². The molecule has 2 rings (SSSR count). The summed E-state index contributed by atoms with van der Waals surface area (Å²) in [6.07, 6.45) is 1.04. The summed E-state index contributed by atoms with van der Waals surface area (Å²) in [5, 5.41) is -1.14. The fraction of sp³-hybridized carbons (Fsp3) is 0.409. The highest BCUT2D eigenvalue weighted by molar-refractivity contribution is 7.99. The minimum absolute atomic E-state index is 0.371. The van der Waals surface area contributed by atoms with E-state index in [1.165, 1.54) is 42.3 Å². The van der Waals surface area contributed by atoms with Crippen LogP contribution in [0.2, 0.25) is 0 Å². The molecule has 2 atom stereocenters. The van der Waals surface area contributed by atoms with Gasteiger partial charge in [-0.1, -0.05) is 43.8 Å². The summed E-state index contributed by atoms with van der Waals surface area (Å²) in [5.41, 5.74) is 1.84. The van der Waals surface area contributed by atoms with Gasteiger partial charge in [-0.25, -0.2) is 12.8 Å². The first-order chi connectivity index (χ1) is 13.4. The summed E-state index contributed by atoms with van der Waals surface area (Å²) >= 11 is 1.34. The van der Waals surface area contributed by atoms with E-state index in [0.717, 1.165) is 11.2 Å². The second-order valence-electron chi connectivity index (χ2n) is 7.61. The number of benzene rings is 2. The predicted octanol–water partition coefficient (Wildman–Crippen LogP) is 5.05. The molecule has 0 unspecified atom stereocenters. The lowest BCUT2D eigenvalue weighted by molar-refractivity contribution is -0.131. The molecule has 0 aromatic heterocycles. The van der Waals surface area contributed by atoms with Gasteiger partial charge in [0.2, 0.25) is 5.91 Å². The molecule has 158 valence electrons. The summed E-state index contributed by atoms with van der Waals surface area (Å²) in [6.45, 7) is 7.37. The molecule has 0 heterocycles. The molecule has 0 bridgehead atoms. The zero-order valence-electron chi connectivity index (χ0n) is 17.6. The molecule has 0 aliphatic heterocycles. The highest BCUT2D eigenvalue weighted by atomic mass is 32.2. The topological polar surface area (TPSA) is 54.5 Å². The zero-order valence-corrected chi connectivity index (χ0v) is 19.3. The Balaban J connectivity index is 2.16. The third-order valence-corrected chi connectivity index (χ3v) is 7.68. The Bertz CT molecular complexity index is 972. The number of hydrogen-bond acceptors (Lipinski definition) is 4. The standard InChI is InChI=1S/C22H28FNO3S2/c1-14(2)17-7-10-19(11-8-17)28-21-12-9-18(13-20(21)23)15(3)24(5)22(25)16(4)29(6,26)27/h7-16H,1-6H3/t15-,16+/m0/s1. The van der Waals surface area contributed by atoms with E-state index in [4.69, 9.17) is 0 Å². The summed E-state index contributed by atoms with van der Waals surface area (Å²) in [4.78, 5) is 15.2. The Morgan fingerprint density at radius 1 is 1.00 bits per heavy atom. The average molecular weight is 438 g/mol. The summed E-state index contributed by atoms with van der Waals surface area (Å²) in [6, 6.07) is 12.5. The van der Waals surface area contributed by atoms with Crippen molar-refractivity contribution in [2.75, 3.05) is 13.3 Å². The van der Waals surface area contributed by atoms with E-state index in [9.17, 15) is 17.6 Å². The Labute approximate surface area is 177 Å². The molecule has 0 radical (unpaired) electrons. The summed E-state index contributed by atoms with van der Waals surface area (Å²) < 4.78 is 38.0. The van der Waals surface area contributed by atoms with Crippen molar-refractivity contribution in [2.24, 2.45) is 0 Å². The minimum atomic E-state index is -3.49. The van der Waals surface area contributed by atoms with Crippen LogP contribution in [-0.4, -0.2) is 37.8 Å². The van der Waals surface area contributed by atoms with E-state index in [1.807, 2.05) is 24.3 Å². The van der Waals surface area contributed by atoms with Gasteiger partial charge in [0, 0.05) is 23.1 Å². The fourth-order valence-electron chi connectivity index (χ4n) is 2.79. The quantitative estimate of drug-likeness (QED) is 0.608. The molecule has 0 aliphatic carbocycles. The molecule has 0 fully saturated rings. The average Bonchev–Trinajstić information content (AvgIpc) is 2.66. The lowest BCUT2D eigenvalue weighted by atomic mass is 10.0. The van der Waals surface area contributed by atoms with Crippen LogP contribution in [0.5, 0.6) is 0 Å². The largest absolute Gasteiger partial charge is 0.338 e. The van der Waals surface area contributed by atoms with E-state index < -0.39 is 27.0 Å². The number of nitrogens with zero attached hydrogens (tertiary/aromatic N) is 1. The van der Waals surface area contributed by atoms with E-state index in [-0.39, 0.29) is 5.82 Å². The van der Waals surface area contributed by atoms with Crippen molar-refractivity contribution in [1.82, 2.24) is 4.90 Å². The lowest BCUT2D eigenvalue weighted by Crippen LogP contribution is -2.40. The third-order valence-electron chi connectivity index (χ3n) is 5.13. The summed E-state index contributed by atoms with van der Waals surface area (Å²) in [7, 11) is -1.96. The van der Waals surface area contributed by atoms with Gasteiger partial charge in [-0.15, -0.1) is 0 Å². The van der Waals surface area contributed by atoms with Crippen molar-refractivity contribution in [3.8, 4) is 0 Å². The molecule has 0 N–H and O–H groups in total. The van der Waals surface area contributed by atoms with Crippen molar-refractivity contribution < 1.29 is 17.6 Å². The molecular formula is C22H28FNO3S2. The first-order valence-electron chi connectivity index (χ1n) is 9.44. The van der Waals surface area contributed by atoms with Crippen molar-refractivity contribution in [1.29, 1.82) is 0 Å². The van der Waals surface area contributed by atoms with Gasteiger partial charge in [-0.05, 0) is 55.2 Å². The molecule has 1 amide bonds. The maximum Gasteiger partial charge on any atom is 0.240 e. The molecule has 0 saturated heterocycles. The van der Waals surface area contributed by atoms with Gasteiger partial charge in [0.15, 0.2) is 9.84 Å². The fourth-order valence-corrected chi connectivity index (χ4v) is 4.14. The molecule has 7 heteroatoms. The second kappa shape index (κ2) is 9.30. The van der Waals surface area contributed by atoms with Crippen LogP contribution in [0.25, 0.3) is 0 Å². The predicted molar refractivity (Wildman–Crippen MR) is 117 cm³/mol. The van der Waals surface area contributed by atoms with Crippen molar-refractivity contribution in [2.45, 2.75) is 54.7 Å². The lowest BCUT2D eigenvalue weighted by Gasteiger charge is -2.27. The number of carbonyl (C=O) groups is 1. The second-order valence-corrected chi connectivity index (χ2v) is 11.1. The van der Waals surface area contributed by atoms with Gasteiger partial charge >= 0.3 is 0 Å². The number of carbonyl (C=O) groups excluding carboxylic acids is 1. The third kappa shape index (κ3) is 5.82. The number of halogens is 1. The van der Waals surface area contributed by atoms with Crippen molar-refractivity contribution in [3.05, 3.63) is 59.4 Å².